The number of aliphatic carboxylic acids is 1. The summed E-state index contributed by atoms with van der Waals surface area (Å²) in [6, 6.07) is 5.63. The lowest BCUT2D eigenvalue weighted by molar-refractivity contribution is -0.146. The quantitative estimate of drug-likeness (QED) is 0.855. The van der Waals surface area contributed by atoms with Crippen LogP contribution in [0, 0.1) is 5.92 Å². The normalized spacial score (nSPS) is 22.0. The van der Waals surface area contributed by atoms with Gasteiger partial charge < -0.3 is 10.0 Å². The van der Waals surface area contributed by atoms with Gasteiger partial charge in [0, 0.05) is 57.3 Å². The molecule has 8 heteroatoms. The minimum atomic E-state index is -0.871. The van der Waals surface area contributed by atoms with Gasteiger partial charge >= 0.3 is 5.97 Å². The van der Waals surface area contributed by atoms with E-state index in [1.807, 2.05) is 30.6 Å². The number of carboxylic acids is 1. The van der Waals surface area contributed by atoms with E-state index in [2.05, 4.69) is 19.9 Å². The summed E-state index contributed by atoms with van der Waals surface area (Å²) in [6.45, 7) is 2.18. The van der Waals surface area contributed by atoms with Gasteiger partial charge in [-0.15, -0.1) is 0 Å². The molecule has 0 radical (unpaired) electrons. The maximum absolute atomic E-state index is 12.1. The molecule has 1 spiro atoms. The number of pyridine rings is 1. The topological polar surface area (TPSA) is 99.5 Å². The summed E-state index contributed by atoms with van der Waals surface area (Å²) in [4.78, 5) is 40.8. The van der Waals surface area contributed by atoms with E-state index in [0.29, 0.717) is 25.2 Å². The van der Waals surface area contributed by atoms with Crippen molar-refractivity contribution >= 4 is 11.9 Å². The van der Waals surface area contributed by atoms with Crippen LogP contribution in [-0.4, -0.2) is 67.4 Å². The van der Waals surface area contributed by atoms with E-state index in [1.165, 1.54) is 0 Å². The third-order valence-corrected chi connectivity index (χ3v) is 6.09. The van der Waals surface area contributed by atoms with Gasteiger partial charge in [0.25, 0.3) is 0 Å². The molecule has 4 heterocycles. The Morgan fingerprint density at radius 2 is 1.93 bits per heavy atom. The van der Waals surface area contributed by atoms with Crippen molar-refractivity contribution in [2.45, 2.75) is 31.3 Å². The largest absolute Gasteiger partial charge is 0.481 e. The molecular weight excluding hydrogens is 358 g/mol. The molecule has 0 bridgehead atoms. The van der Waals surface area contributed by atoms with Crippen LogP contribution in [-0.2, 0) is 16.1 Å². The highest BCUT2D eigenvalue weighted by atomic mass is 16.4. The van der Waals surface area contributed by atoms with Gasteiger partial charge in [-0.05, 0) is 25.0 Å². The van der Waals surface area contributed by atoms with Crippen LogP contribution >= 0.6 is 0 Å². The smallest absolute Gasteiger partial charge is 0.309 e. The molecule has 1 atom stereocenters. The average molecular weight is 381 g/mol. The Morgan fingerprint density at radius 1 is 1.21 bits per heavy atom. The monoisotopic (exact) mass is 381 g/mol. The van der Waals surface area contributed by atoms with Crippen molar-refractivity contribution in [2.75, 3.05) is 20.1 Å². The first-order valence-corrected chi connectivity index (χ1v) is 9.44. The van der Waals surface area contributed by atoms with Crippen molar-refractivity contribution in [3.63, 3.8) is 0 Å². The standard InChI is InChI=1S/C20H23N5O3/c1-24-17(26)10-15(19(27)28)20(24)5-8-25(9-6-20)13-14-11-22-18(23-12-14)16-4-2-3-7-21-16/h2-4,7,11-12,15H,5-6,8-10,13H2,1H3,(H,27,28)/t15-/m1/s1. The average Bonchev–Trinajstić information content (AvgIpc) is 2.96. The second-order valence-corrected chi connectivity index (χ2v) is 7.56. The van der Waals surface area contributed by atoms with Gasteiger partial charge in [-0.25, -0.2) is 9.97 Å². The number of likely N-dealkylation sites (tertiary alicyclic amines) is 2. The van der Waals surface area contributed by atoms with Crippen molar-refractivity contribution in [1.29, 1.82) is 0 Å². The van der Waals surface area contributed by atoms with E-state index in [4.69, 9.17) is 0 Å². The molecule has 1 amide bonds. The van der Waals surface area contributed by atoms with Gasteiger partial charge in [0.2, 0.25) is 5.91 Å². The van der Waals surface area contributed by atoms with Gasteiger partial charge in [-0.2, -0.15) is 0 Å². The number of carboxylic acid groups (broad SMARTS) is 1. The third kappa shape index (κ3) is 3.24. The number of carbonyl (C=O) groups excluding carboxylic acids is 1. The zero-order valence-corrected chi connectivity index (χ0v) is 15.8. The van der Waals surface area contributed by atoms with E-state index in [9.17, 15) is 14.7 Å². The van der Waals surface area contributed by atoms with E-state index in [-0.39, 0.29) is 12.3 Å². The first kappa shape index (κ1) is 18.5. The first-order valence-electron chi connectivity index (χ1n) is 9.44. The van der Waals surface area contributed by atoms with Crippen LogP contribution in [0.5, 0.6) is 0 Å². The van der Waals surface area contributed by atoms with Crippen LogP contribution in [0.25, 0.3) is 11.5 Å². The molecule has 0 unspecified atom stereocenters. The highest BCUT2D eigenvalue weighted by Gasteiger charge is 2.55. The van der Waals surface area contributed by atoms with Crippen molar-refractivity contribution in [2.24, 2.45) is 5.92 Å². The van der Waals surface area contributed by atoms with E-state index in [0.717, 1.165) is 24.3 Å². The lowest BCUT2D eigenvalue weighted by Gasteiger charge is -2.45. The molecular formula is C20H23N5O3. The zero-order valence-electron chi connectivity index (χ0n) is 15.8. The Hall–Kier alpha value is -2.87. The number of aromatic nitrogens is 3. The Labute approximate surface area is 163 Å². The Balaban J connectivity index is 1.41. The molecule has 0 saturated carbocycles. The first-order chi connectivity index (χ1) is 13.5. The summed E-state index contributed by atoms with van der Waals surface area (Å²) in [5.41, 5.74) is 1.18. The molecule has 2 aromatic heterocycles. The Morgan fingerprint density at radius 3 is 2.54 bits per heavy atom. The molecule has 8 nitrogen and oxygen atoms in total. The number of piperidine rings is 1. The molecule has 2 aromatic rings. The number of carbonyl (C=O) groups is 2. The predicted octanol–water partition coefficient (Wildman–Crippen LogP) is 1.44. The maximum atomic E-state index is 12.1. The number of amides is 1. The molecule has 4 rings (SSSR count). The lowest BCUT2D eigenvalue weighted by Crippen LogP contribution is -2.55. The van der Waals surface area contributed by atoms with Gasteiger partial charge in [0.05, 0.1) is 11.5 Å². The highest BCUT2D eigenvalue weighted by molar-refractivity contribution is 5.88. The summed E-state index contributed by atoms with van der Waals surface area (Å²) < 4.78 is 0. The van der Waals surface area contributed by atoms with Crippen LogP contribution in [0.4, 0.5) is 0 Å². The van der Waals surface area contributed by atoms with Crippen molar-refractivity contribution < 1.29 is 14.7 Å². The lowest BCUT2D eigenvalue weighted by atomic mass is 9.77. The molecule has 2 aliphatic heterocycles. The molecule has 0 aliphatic carbocycles. The van der Waals surface area contributed by atoms with Gasteiger partial charge in [0.1, 0.15) is 5.69 Å². The van der Waals surface area contributed by atoms with Gasteiger partial charge in [0.15, 0.2) is 5.82 Å². The summed E-state index contributed by atoms with van der Waals surface area (Å²) in [5.74, 6) is -0.963. The highest BCUT2D eigenvalue weighted by Crippen LogP contribution is 2.42. The summed E-state index contributed by atoms with van der Waals surface area (Å²) in [6.07, 6.45) is 6.78. The molecule has 2 saturated heterocycles. The minimum absolute atomic E-state index is 0.0700. The van der Waals surface area contributed by atoms with Crippen LogP contribution < -0.4 is 0 Å². The summed E-state index contributed by atoms with van der Waals surface area (Å²) in [7, 11) is 1.74. The fourth-order valence-corrected chi connectivity index (χ4v) is 4.40. The minimum Gasteiger partial charge on any atom is -0.481 e. The molecule has 28 heavy (non-hydrogen) atoms. The number of rotatable bonds is 4. The van der Waals surface area contributed by atoms with E-state index < -0.39 is 17.4 Å². The molecule has 2 aliphatic rings. The summed E-state index contributed by atoms with van der Waals surface area (Å²) in [5, 5.41) is 9.57. The fourth-order valence-electron chi connectivity index (χ4n) is 4.40. The Kier molecular flexibility index (Phi) is 4.80. The van der Waals surface area contributed by atoms with E-state index >= 15 is 0 Å². The van der Waals surface area contributed by atoms with Crippen molar-refractivity contribution in [3.8, 4) is 11.5 Å². The summed E-state index contributed by atoms with van der Waals surface area (Å²) >= 11 is 0. The van der Waals surface area contributed by atoms with Crippen LogP contribution in [0.2, 0.25) is 0 Å². The second kappa shape index (κ2) is 7.27. The molecule has 2 fully saturated rings. The number of hydrogen-bond acceptors (Lipinski definition) is 6. The Bertz CT molecular complexity index is 863. The molecule has 1 N–H and O–H groups in total. The van der Waals surface area contributed by atoms with E-state index in [1.54, 1.807) is 18.1 Å². The second-order valence-electron chi connectivity index (χ2n) is 7.56. The molecule has 146 valence electrons. The fraction of sp³-hybridized carbons (Fsp3) is 0.450. The zero-order chi connectivity index (χ0) is 19.7. The maximum Gasteiger partial charge on any atom is 0.309 e. The third-order valence-electron chi connectivity index (χ3n) is 6.09. The number of nitrogens with zero attached hydrogens (tertiary/aromatic N) is 5. The van der Waals surface area contributed by atoms with Crippen LogP contribution in [0.15, 0.2) is 36.8 Å². The predicted molar refractivity (Wildman–Crippen MR) is 101 cm³/mol. The van der Waals surface area contributed by atoms with Crippen LogP contribution in [0.3, 0.4) is 0 Å². The molecule has 0 aromatic carbocycles. The van der Waals surface area contributed by atoms with Gasteiger partial charge in [-0.1, -0.05) is 6.07 Å². The van der Waals surface area contributed by atoms with Gasteiger partial charge in [-0.3, -0.25) is 19.5 Å². The van der Waals surface area contributed by atoms with Crippen LogP contribution in [0.1, 0.15) is 24.8 Å². The number of hydrogen-bond donors (Lipinski definition) is 1. The van der Waals surface area contributed by atoms with Crippen molar-refractivity contribution in [3.05, 3.63) is 42.4 Å². The SMILES string of the molecule is CN1C(=O)C[C@H](C(=O)O)C12CCN(Cc1cnc(-c3ccccn3)nc1)CC2. The van der Waals surface area contributed by atoms with Crippen molar-refractivity contribution in [1.82, 2.24) is 24.8 Å².